The summed E-state index contributed by atoms with van der Waals surface area (Å²) in [6.07, 6.45) is 3.75. The van der Waals surface area contributed by atoms with Gasteiger partial charge in [0.15, 0.2) is 0 Å². The fourth-order valence-corrected chi connectivity index (χ4v) is 6.83. The molecule has 3 aromatic rings. The normalized spacial score (nSPS) is 19.1. The number of hydrogen-bond acceptors (Lipinski definition) is 12. The minimum absolute atomic E-state index is 0.0142. The van der Waals surface area contributed by atoms with Gasteiger partial charge in [-0.05, 0) is 67.0 Å². The number of carbonyl (C=O) groups excluding carboxylic acids is 2. The molecule has 1 saturated carbocycles. The van der Waals surface area contributed by atoms with E-state index in [4.69, 9.17) is 31.4 Å². The Balaban J connectivity index is 1.53. The Hall–Kier alpha value is -2.98. The van der Waals surface area contributed by atoms with Gasteiger partial charge in [0.2, 0.25) is 5.78 Å². The predicted octanol–water partition coefficient (Wildman–Crippen LogP) is 3.16. The number of rotatable bonds is 14. The van der Waals surface area contributed by atoms with Gasteiger partial charge >= 0.3 is 16.3 Å². The number of carbonyl (C=O) groups is 2. The molecule has 244 valence electrons. The molecule has 0 aliphatic heterocycles. The van der Waals surface area contributed by atoms with E-state index in [1.165, 1.54) is 23.9 Å². The fourth-order valence-electron chi connectivity index (χ4n) is 5.28. The highest BCUT2D eigenvalue weighted by molar-refractivity contribution is 7.84. The van der Waals surface area contributed by atoms with Crippen LogP contribution in [0.15, 0.2) is 36.8 Å². The zero-order valence-electron chi connectivity index (χ0n) is 25.2. The van der Waals surface area contributed by atoms with Crippen molar-refractivity contribution in [1.82, 2.24) is 9.97 Å². The first kappa shape index (κ1) is 34.9. The van der Waals surface area contributed by atoms with Crippen LogP contribution in [0.5, 0.6) is 0 Å². The van der Waals surface area contributed by atoms with Gasteiger partial charge in [0, 0.05) is 41.1 Å². The molecule has 0 bridgehead atoms. The lowest BCUT2D eigenvalue weighted by Crippen LogP contribution is -2.40. The second-order valence-corrected chi connectivity index (χ2v) is 14.4. The molecule has 6 N–H and O–H groups in total. The number of halogens is 1. The monoisotopic (exact) mass is 679 g/mol. The van der Waals surface area contributed by atoms with E-state index in [2.05, 4.69) is 15.3 Å². The van der Waals surface area contributed by atoms with Crippen LogP contribution in [0.2, 0.25) is 5.02 Å². The summed E-state index contributed by atoms with van der Waals surface area (Å²) in [4.78, 5) is 36.3. The third-order valence-electron chi connectivity index (χ3n) is 7.81. The van der Waals surface area contributed by atoms with Gasteiger partial charge < -0.3 is 20.9 Å². The molecule has 4 rings (SSSR count). The second kappa shape index (κ2) is 15.1. The lowest BCUT2D eigenvalue weighted by molar-refractivity contribution is -0.153. The molecule has 1 fully saturated rings. The van der Waals surface area contributed by atoms with E-state index in [1.54, 1.807) is 19.9 Å². The van der Waals surface area contributed by atoms with Gasteiger partial charge in [-0.25, -0.2) is 15.1 Å². The molecular formula is C30H38ClN5O7S2. The Morgan fingerprint density at radius 3 is 2.64 bits per heavy atom. The maximum Gasteiger partial charge on any atom is 0.333 e. The minimum atomic E-state index is -4.21. The lowest BCUT2D eigenvalue weighted by atomic mass is 9.98. The molecule has 1 aliphatic rings. The predicted molar refractivity (Wildman–Crippen MR) is 171 cm³/mol. The number of aliphatic hydroxyl groups excluding tert-OH is 1. The van der Waals surface area contributed by atoms with E-state index >= 15 is 0 Å². The largest absolute Gasteiger partial charge is 0.461 e. The quantitative estimate of drug-likeness (QED) is 0.144. The number of ether oxygens (including phenoxy) is 1. The molecule has 1 aliphatic carbocycles. The molecule has 2 aromatic heterocycles. The van der Waals surface area contributed by atoms with Crippen molar-refractivity contribution in [3.05, 3.63) is 73.8 Å². The summed E-state index contributed by atoms with van der Waals surface area (Å²) >= 11 is 7.61. The van der Waals surface area contributed by atoms with Crippen LogP contribution in [-0.2, 0) is 36.9 Å². The second-order valence-electron chi connectivity index (χ2n) is 11.5. The number of nitrogens with one attached hydrogen (secondary N) is 1. The van der Waals surface area contributed by atoms with Crippen molar-refractivity contribution in [2.75, 3.05) is 18.5 Å². The van der Waals surface area contributed by atoms with E-state index < -0.39 is 34.3 Å². The van der Waals surface area contributed by atoms with Crippen LogP contribution in [-0.4, -0.2) is 66.6 Å². The molecule has 15 heteroatoms. The minimum Gasteiger partial charge on any atom is -0.461 e. The third-order valence-corrected chi connectivity index (χ3v) is 9.60. The van der Waals surface area contributed by atoms with Crippen molar-refractivity contribution in [3.63, 3.8) is 0 Å². The van der Waals surface area contributed by atoms with Crippen LogP contribution in [0, 0.1) is 18.8 Å². The smallest absolute Gasteiger partial charge is 0.333 e. The maximum atomic E-state index is 13.8. The average Bonchev–Trinajstić information content (AvgIpc) is 3.54. The first-order chi connectivity index (χ1) is 21.3. The summed E-state index contributed by atoms with van der Waals surface area (Å²) in [6, 6.07) is 6.24. The first-order valence-electron chi connectivity index (χ1n) is 14.5. The van der Waals surface area contributed by atoms with Crippen LogP contribution < -0.4 is 16.2 Å². The van der Waals surface area contributed by atoms with Crippen molar-refractivity contribution in [1.29, 1.82) is 0 Å². The molecule has 0 amide bonds. The topological polar surface area (TPSA) is 197 Å². The number of benzene rings is 1. The summed E-state index contributed by atoms with van der Waals surface area (Å²) < 4.78 is 33.5. The summed E-state index contributed by atoms with van der Waals surface area (Å²) in [5, 5.41) is 18.4. The molecule has 0 spiro atoms. The van der Waals surface area contributed by atoms with E-state index in [9.17, 15) is 23.1 Å². The van der Waals surface area contributed by atoms with Crippen molar-refractivity contribution in [3.8, 4) is 0 Å². The zero-order valence-corrected chi connectivity index (χ0v) is 27.6. The SMILES string of the molecule is Cc1sc(C(=O)c2cncnc2N[C@H]2CC(OC(=O)[C@@H](N)C(C)C)[C@@H](COS(N)(=O)=O)C2)cc1Cc1cc(Cl)ccc1CCO. The fraction of sp³-hybridized carbons (Fsp3) is 0.467. The highest BCUT2D eigenvalue weighted by Crippen LogP contribution is 2.34. The summed E-state index contributed by atoms with van der Waals surface area (Å²) in [6.45, 7) is 5.27. The standard InChI is InChI=1S/C30H38ClN5O7S2/c1-16(2)27(32)30(39)43-25-12-23(10-21(25)14-42-45(33,40)41)36-29-24(13-34-15-35-29)28(38)26-11-19(17(3)44-26)8-20-9-22(31)5-4-18(20)6-7-37/h4-5,9,11,13,15-16,21,23,25,27,37H,6-8,10,12,14,32H2,1-3H3,(H2,33,40,41)(H,34,35,36)/t21-,23-,25?,27+/m1/s1. The van der Waals surface area contributed by atoms with E-state index in [-0.39, 0.29) is 36.5 Å². The van der Waals surface area contributed by atoms with Gasteiger partial charge in [0.25, 0.3) is 0 Å². The summed E-state index contributed by atoms with van der Waals surface area (Å²) in [5.74, 6) is -1.23. The Morgan fingerprint density at radius 1 is 1.20 bits per heavy atom. The number of nitrogens with two attached hydrogens (primary N) is 2. The van der Waals surface area contributed by atoms with Crippen molar-refractivity contribution < 1.29 is 32.0 Å². The Kier molecular flexibility index (Phi) is 11.7. The van der Waals surface area contributed by atoms with Gasteiger partial charge in [-0.1, -0.05) is 31.5 Å². The summed E-state index contributed by atoms with van der Waals surface area (Å²) in [5.41, 5.74) is 9.16. The molecule has 4 atom stereocenters. The van der Waals surface area contributed by atoms with Crippen LogP contribution in [0.25, 0.3) is 0 Å². The number of aliphatic hydroxyl groups is 1. The Bertz CT molecular complexity index is 1630. The molecule has 45 heavy (non-hydrogen) atoms. The number of ketones is 1. The van der Waals surface area contributed by atoms with E-state index in [0.29, 0.717) is 41.4 Å². The van der Waals surface area contributed by atoms with Gasteiger partial charge in [-0.15, -0.1) is 11.3 Å². The van der Waals surface area contributed by atoms with Gasteiger partial charge in [0.1, 0.15) is 24.3 Å². The van der Waals surface area contributed by atoms with E-state index in [1.807, 2.05) is 25.1 Å². The molecule has 1 unspecified atom stereocenters. The van der Waals surface area contributed by atoms with Crippen LogP contribution in [0.4, 0.5) is 5.82 Å². The number of aryl methyl sites for hydroxylation is 1. The highest BCUT2D eigenvalue weighted by atomic mass is 35.5. The molecule has 0 saturated heterocycles. The molecule has 12 nitrogen and oxygen atoms in total. The van der Waals surface area contributed by atoms with Crippen LogP contribution >= 0.6 is 22.9 Å². The van der Waals surface area contributed by atoms with Crippen molar-refractivity contribution in [2.24, 2.45) is 22.7 Å². The number of nitrogens with zero attached hydrogens (tertiary/aromatic N) is 2. The van der Waals surface area contributed by atoms with E-state index in [0.717, 1.165) is 21.6 Å². The third kappa shape index (κ3) is 9.28. The number of anilines is 1. The zero-order chi connectivity index (χ0) is 32.9. The van der Waals surface area contributed by atoms with Crippen molar-refractivity contribution >= 4 is 50.8 Å². The maximum absolute atomic E-state index is 13.8. The van der Waals surface area contributed by atoms with Gasteiger partial charge in [0.05, 0.1) is 17.0 Å². The number of hydrogen-bond donors (Lipinski definition) is 4. The average molecular weight is 680 g/mol. The Morgan fingerprint density at radius 2 is 1.96 bits per heavy atom. The molecular weight excluding hydrogens is 642 g/mol. The summed E-state index contributed by atoms with van der Waals surface area (Å²) in [7, 11) is -4.21. The highest BCUT2D eigenvalue weighted by Gasteiger charge is 2.39. The molecule has 1 aromatic carbocycles. The molecule has 2 heterocycles. The number of aromatic nitrogens is 2. The van der Waals surface area contributed by atoms with Crippen molar-refractivity contribution in [2.45, 2.75) is 64.6 Å². The molecule has 0 radical (unpaired) electrons. The van der Waals surface area contributed by atoms with Gasteiger partial charge in [-0.3, -0.25) is 13.8 Å². The van der Waals surface area contributed by atoms with Crippen LogP contribution in [0.3, 0.4) is 0 Å². The van der Waals surface area contributed by atoms with Gasteiger partial charge in [-0.2, -0.15) is 8.42 Å². The van der Waals surface area contributed by atoms with Crippen LogP contribution in [0.1, 0.15) is 63.5 Å². The lowest BCUT2D eigenvalue weighted by Gasteiger charge is -2.22. The first-order valence-corrected chi connectivity index (χ1v) is 17.1. The number of esters is 1. The Labute approximate surface area is 271 Å². The number of thiophene rings is 1.